The van der Waals surface area contributed by atoms with Gasteiger partial charge in [0.1, 0.15) is 0 Å². The monoisotopic (exact) mass is 391 g/mol. The van der Waals surface area contributed by atoms with Crippen LogP contribution in [0.4, 0.5) is 0 Å². The number of hydrogen-bond acceptors (Lipinski definition) is 3. The highest BCUT2D eigenvalue weighted by atomic mass is 16.2. The lowest BCUT2D eigenvalue weighted by Crippen LogP contribution is -2.45. The Morgan fingerprint density at radius 2 is 1.90 bits per heavy atom. The van der Waals surface area contributed by atoms with Gasteiger partial charge >= 0.3 is 0 Å². The minimum absolute atomic E-state index is 0.165. The smallest absolute Gasteiger partial charge is 0.259 e. The van der Waals surface area contributed by atoms with Gasteiger partial charge in [-0.2, -0.15) is 0 Å². The van der Waals surface area contributed by atoms with Crippen molar-refractivity contribution in [2.75, 3.05) is 0 Å². The second-order valence-corrected chi connectivity index (χ2v) is 9.42. The molecule has 0 aromatic heterocycles. The Kier molecular flexibility index (Phi) is 4.97. The first kappa shape index (κ1) is 19.7. The molecule has 4 heteroatoms. The lowest BCUT2D eigenvalue weighted by atomic mass is 9.93. The summed E-state index contributed by atoms with van der Waals surface area (Å²) in [5, 5.41) is 9.46. The van der Waals surface area contributed by atoms with Crippen LogP contribution in [-0.2, 0) is 9.59 Å². The number of rotatable bonds is 3. The van der Waals surface area contributed by atoms with Crippen LogP contribution in [-0.4, -0.2) is 27.9 Å². The van der Waals surface area contributed by atoms with Crippen molar-refractivity contribution in [2.45, 2.75) is 58.4 Å². The number of aliphatic hydroxyl groups excluding tert-OH is 1. The van der Waals surface area contributed by atoms with Crippen molar-refractivity contribution in [3.8, 4) is 0 Å². The topological polar surface area (TPSA) is 57.6 Å². The van der Waals surface area contributed by atoms with Gasteiger partial charge in [0, 0.05) is 17.9 Å². The molecule has 0 radical (unpaired) electrons. The number of carbonyl (C=O) groups excluding carboxylic acids is 2. The van der Waals surface area contributed by atoms with Crippen LogP contribution in [0.3, 0.4) is 0 Å². The Bertz CT molecular complexity index is 914. The van der Waals surface area contributed by atoms with Crippen LogP contribution in [0.25, 0.3) is 5.57 Å². The molecule has 1 unspecified atom stereocenters. The number of amides is 2. The lowest BCUT2D eigenvalue weighted by Gasteiger charge is -2.29. The summed E-state index contributed by atoms with van der Waals surface area (Å²) in [5.74, 6) is 0.101. The van der Waals surface area contributed by atoms with Gasteiger partial charge in [0.2, 0.25) is 5.91 Å². The summed E-state index contributed by atoms with van der Waals surface area (Å²) < 4.78 is 0. The summed E-state index contributed by atoms with van der Waals surface area (Å²) in [4.78, 5) is 27.0. The number of hydrogen-bond donors (Lipinski definition) is 1. The van der Waals surface area contributed by atoms with E-state index in [4.69, 9.17) is 0 Å². The van der Waals surface area contributed by atoms with Gasteiger partial charge in [0.15, 0.2) is 0 Å². The fourth-order valence-electron chi connectivity index (χ4n) is 4.54. The molecule has 4 rings (SSSR count). The summed E-state index contributed by atoms with van der Waals surface area (Å²) in [7, 11) is 0. The summed E-state index contributed by atoms with van der Waals surface area (Å²) in [6.45, 7) is 5.49. The van der Waals surface area contributed by atoms with Crippen LogP contribution in [0, 0.1) is 11.3 Å². The van der Waals surface area contributed by atoms with E-state index < -0.39 is 5.41 Å². The normalized spacial score (nSPS) is 28.0. The van der Waals surface area contributed by atoms with Crippen molar-refractivity contribution in [1.82, 2.24) is 4.90 Å². The Balaban J connectivity index is 1.52. The number of carbonyl (C=O) groups is 2. The highest BCUT2D eigenvalue weighted by Gasteiger charge is 2.53. The zero-order chi connectivity index (χ0) is 20.8. The molecule has 2 amide bonds. The molecule has 1 N–H and O–H groups in total. The Labute approximate surface area is 172 Å². The maximum Gasteiger partial charge on any atom is 0.259 e. The van der Waals surface area contributed by atoms with Gasteiger partial charge in [-0.1, -0.05) is 63.3 Å². The molecule has 3 aliphatic rings. The van der Waals surface area contributed by atoms with Gasteiger partial charge in [-0.15, -0.1) is 0 Å². The predicted octanol–water partition coefficient (Wildman–Crippen LogP) is 5.14. The minimum atomic E-state index is -0.633. The molecule has 1 saturated heterocycles. The highest BCUT2D eigenvalue weighted by molar-refractivity contribution is 6.08. The van der Waals surface area contributed by atoms with Crippen molar-refractivity contribution in [3.05, 3.63) is 65.5 Å². The Morgan fingerprint density at radius 3 is 2.48 bits per heavy atom. The van der Waals surface area contributed by atoms with Crippen molar-refractivity contribution in [3.63, 3.8) is 0 Å². The Hall–Kier alpha value is -2.62. The van der Waals surface area contributed by atoms with Crippen LogP contribution in [0.2, 0.25) is 0 Å². The van der Waals surface area contributed by atoms with E-state index in [0.717, 1.165) is 25.5 Å². The molecule has 1 aromatic carbocycles. The SMILES string of the molecule is CC(C)(C)C(=O)N1C(=O)/C(=C/O)CC1[C@@H]1C[C@@H]1c1ccc(C2=CCCC=C2)cc1. The first-order valence-corrected chi connectivity index (χ1v) is 10.5. The maximum absolute atomic E-state index is 12.9. The highest BCUT2D eigenvalue weighted by Crippen LogP contribution is 2.54. The van der Waals surface area contributed by atoms with E-state index in [1.165, 1.54) is 21.6 Å². The van der Waals surface area contributed by atoms with E-state index in [9.17, 15) is 14.7 Å². The molecule has 1 aromatic rings. The van der Waals surface area contributed by atoms with Gasteiger partial charge in [0.05, 0.1) is 11.8 Å². The lowest BCUT2D eigenvalue weighted by molar-refractivity contribution is -0.149. The molecular formula is C25H29NO3. The summed E-state index contributed by atoms with van der Waals surface area (Å²) >= 11 is 0. The van der Waals surface area contributed by atoms with Crippen LogP contribution in [0.15, 0.2) is 54.3 Å². The molecule has 1 heterocycles. The molecule has 2 fully saturated rings. The van der Waals surface area contributed by atoms with E-state index in [0.29, 0.717) is 17.9 Å². The molecule has 29 heavy (non-hydrogen) atoms. The summed E-state index contributed by atoms with van der Waals surface area (Å²) in [6.07, 6.45) is 11.2. The minimum Gasteiger partial charge on any atom is -0.515 e. The average molecular weight is 392 g/mol. The fraction of sp³-hybridized carbons (Fsp3) is 0.440. The Morgan fingerprint density at radius 1 is 1.17 bits per heavy atom. The number of imide groups is 1. The number of nitrogens with zero attached hydrogens (tertiary/aromatic N) is 1. The van der Waals surface area contributed by atoms with Crippen LogP contribution in [0.5, 0.6) is 0 Å². The fourth-order valence-corrected chi connectivity index (χ4v) is 4.54. The zero-order valence-electron chi connectivity index (χ0n) is 17.4. The molecule has 152 valence electrons. The van der Waals surface area contributed by atoms with Crippen molar-refractivity contribution in [1.29, 1.82) is 0 Å². The number of likely N-dealkylation sites (tertiary alicyclic amines) is 1. The summed E-state index contributed by atoms with van der Waals surface area (Å²) in [6, 6.07) is 8.53. The quantitative estimate of drug-likeness (QED) is 0.573. The van der Waals surface area contributed by atoms with Gasteiger partial charge in [-0.3, -0.25) is 14.5 Å². The van der Waals surface area contributed by atoms with Gasteiger partial charge in [-0.25, -0.2) is 0 Å². The van der Waals surface area contributed by atoms with Crippen molar-refractivity contribution in [2.24, 2.45) is 11.3 Å². The van der Waals surface area contributed by atoms with Gasteiger partial charge in [-0.05, 0) is 47.8 Å². The second-order valence-electron chi connectivity index (χ2n) is 9.42. The van der Waals surface area contributed by atoms with E-state index in [1.807, 2.05) is 20.8 Å². The molecule has 1 saturated carbocycles. The third kappa shape index (κ3) is 3.68. The molecule has 3 atom stereocenters. The molecular weight excluding hydrogens is 362 g/mol. The van der Waals surface area contributed by atoms with Crippen LogP contribution < -0.4 is 0 Å². The first-order chi connectivity index (χ1) is 13.8. The van der Waals surface area contributed by atoms with Crippen LogP contribution in [0.1, 0.15) is 63.5 Å². The van der Waals surface area contributed by atoms with Crippen LogP contribution >= 0.6 is 0 Å². The number of aliphatic hydroxyl groups is 1. The van der Waals surface area contributed by atoms with Gasteiger partial charge in [0.25, 0.3) is 5.91 Å². The average Bonchev–Trinajstić information content (AvgIpc) is 3.44. The van der Waals surface area contributed by atoms with Crippen molar-refractivity contribution < 1.29 is 14.7 Å². The van der Waals surface area contributed by atoms with E-state index >= 15 is 0 Å². The molecule has 2 aliphatic carbocycles. The number of benzene rings is 1. The third-order valence-electron chi connectivity index (χ3n) is 6.27. The first-order valence-electron chi connectivity index (χ1n) is 10.5. The zero-order valence-corrected chi connectivity index (χ0v) is 17.4. The van der Waals surface area contributed by atoms with E-state index in [-0.39, 0.29) is 23.8 Å². The molecule has 1 aliphatic heterocycles. The third-order valence-corrected chi connectivity index (χ3v) is 6.27. The number of allylic oxidation sites excluding steroid dienone is 4. The van der Waals surface area contributed by atoms with Crippen molar-refractivity contribution >= 4 is 17.4 Å². The molecule has 0 spiro atoms. The van der Waals surface area contributed by atoms with E-state index in [1.54, 1.807) is 0 Å². The maximum atomic E-state index is 12.9. The molecule has 0 bridgehead atoms. The summed E-state index contributed by atoms with van der Waals surface area (Å²) in [5.41, 5.74) is 3.47. The second kappa shape index (κ2) is 7.33. The molecule has 4 nitrogen and oxygen atoms in total. The standard InChI is InChI=1S/C25H29NO3/c1-25(2,3)24(29)26-22(13-19(15-27)23(26)28)21-14-20(21)18-11-9-17(10-12-18)16-7-5-4-6-8-16/h5,7-12,15,20-22,27H,4,6,13-14H2,1-3H3/b19-15+/t20-,21-,22?/m1/s1. The predicted molar refractivity (Wildman–Crippen MR) is 114 cm³/mol. The van der Waals surface area contributed by atoms with E-state index in [2.05, 4.69) is 42.5 Å². The van der Waals surface area contributed by atoms with Gasteiger partial charge < -0.3 is 5.11 Å². The largest absolute Gasteiger partial charge is 0.515 e.